The van der Waals surface area contributed by atoms with Crippen molar-refractivity contribution in [1.29, 1.82) is 0 Å². The second-order valence-corrected chi connectivity index (χ2v) is 7.41. The molecule has 2 rings (SSSR count). The van der Waals surface area contributed by atoms with E-state index in [1.54, 1.807) is 37.3 Å². The van der Waals surface area contributed by atoms with Gasteiger partial charge in [-0.1, -0.05) is 12.1 Å². The highest BCUT2D eigenvalue weighted by molar-refractivity contribution is 7.94. The van der Waals surface area contributed by atoms with Crippen LogP contribution in [0, 0.1) is 6.92 Å². The first-order valence-electron chi connectivity index (χ1n) is 6.42. The highest BCUT2D eigenvalue weighted by Crippen LogP contribution is 2.30. The first kappa shape index (κ1) is 15.8. The number of ether oxygens (including phenoxy) is 1. The van der Waals surface area contributed by atoms with Gasteiger partial charge in [0.1, 0.15) is 9.96 Å². The molecule has 5 nitrogen and oxygen atoms in total. The first-order chi connectivity index (χ1) is 9.97. The van der Waals surface area contributed by atoms with E-state index in [4.69, 9.17) is 4.74 Å². The van der Waals surface area contributed by atoms with Gasteiger partial charge in [-0.3, -0.25) is 4.72 Å². The van der Waals surface area contributed by atoms with E-state index in [1.165, 1.54) is 0 Å². The van der Waals surface area contributed by atoms with Gasteiger partial charge < -0.3 is 9.84 Å². The minimum Gasteiger partial charge on any atom is -0.492 e. The van der Waals surface area contributed by atoms with Gasteiger partial charge in [0.15, 0.2) is 0 Å². The highest BCUT2D eigenvalue weighted by Gasteiger charge is 2.20. The molecule has 1 aromatic heterocycles. The summed E-state index contributed by atoms with van der Waals surface area (Å²) in [6.07, 6.45) is 0. The van der Waals surface area contributed by atoms with Crippen LogP contribution in [0.2, 0.25) is 0 Å². The number of thiophene rings is 1. The van der Waals surface area contributed by atoms with Crippen molar-refractivity contribution in [1.82, 2.24) is 0 Å². The van der Waals surface area contributed by atoms with E-state index in [2.05, 4.69) is 4.72 Å². The average Bonchev–Trinajstić information content (AvgIpc) is 2.83. The molecular weight excluding hydrogens is 310 g/mol. The number of sulfonamides is 1. The van der Waals surface area contributed by atoms with Gasteiger partial charge >= 0.3 is 0 Å². The maximum Gasteiger partial charge on any atom is 0.271 e. The van der Waals surface area contributed by atoms with Crippen LogP contribution >= 0.6 is 11.3 Å². The predicted molar refractivity (Wildman–Crippen MR) is 83.4 cm³/mol. The number of aliphatic hydroxyl groups is 1. The summed E-state index contributed by atoms with van der Waals surface area (Å²) in [6, 6.07) is 8.43. The lowest BCUT2D eigenvalue weighted by Gasteiger charge is -2.11. The fourth-order valence-corrected chi connectivity index (χ4v) is 4.32. The molecule has 0 aliphatic rings. The summed E-state index contributed by atoms with van der Waals surface area (Å²) < 4.78 is 32.9. The lowest BCUT2D eigenvalue weighted by molar-refractivity contribution is 0.285. The van der Waals surface area contributed by atoms with Crippen molar-refractivity contribution >= 4 is 27.0 Å². The number of hydrogen-bond acceptors (Lipinski definition) is 5. The van der Waals surface area contributed by atoms with E-state index < -0.39 is 10.0 Å². The third-order valence-corrected chi connectivity index (χ3v) is 5.90. The van der Waals surface area contributed by atoms with Crippen molar-refractivity contribution in [2.75, 3.05) is 11.3 Å². The largest absolute Gasteiger partial charge is 0.492 e. The lowest BCUT2D eigenvalue weighted by Crippen LogP contribution is -2.12. The number of anilines is 1. The van der Waals surface area contributed by atoms with E-state index >= 15 is 0 Å². The van der Waals surface area contributed by atoms with E-state index in [0.717, 1.165) is 16.9 Å². The molecule has 21 heavy (non-hydrogen) atoms. The standard InChI is InChI=1S/C14H17NO4S2/c1-3-19-12-7-5-4-6-11(12)15-21(17,18)14-8-10(2)13(9-16)20-14/h4-8,15-16H,3,9H2,1-2H3. The molecule has 2 N–H and O–H groups in total. The van der Waals surface area contributed by atoms with Gasteiger partial charge in [0.05, 0.1) is 18.9 Å². The van der Waals surface area contributed by atoms with Crippen molar-refractivity contribution in [3.63, 3.8) is 0 Å². The molecule has 0 bridgehead atoms. The van der Waals surface area contributed by atoms with Crippen molar-refractivity contribution in [2.45, 2.75) is 24.7 Å². The Morgan fingerprint density at radius 1 is 1.33 bits per heavy atom. The molecule has 0 saturated carbocycles. The van der Waals surface area contributed by atoms with E-state index in [-0.39, 0.29) is 10.8 Å². The van der Waals surface area contributed by atoms with Crippen LogP contribution in [0.3, 0.4) is 0 Å². The van der Waals surface area contributed by atoms with Crippen LogP contribution in [0.25, 0.3) is 0 Å². The Morgan fingerprint density at radius 3 is 2.67 bits per heavy atom. The van der Waals surface area contributed by atoms with E-state index in [0.29, 0.717) is 22.9 Å². The zero-order valence-corrected chi connectivity index (χ0v) is 13.4. The van der Waals surface area contributed by atoms with Gasteiger partial charge in [-0.2, -0.15) is 0 Å². The number of aliphatic hydroxyl groups excluding tert-OH is 1. The number of benzene rings is 1. The van der Waals surface area contributed by atoms with Crippen LogP contribution in [-0.4, -0.2) is 20.1 Å². The molecule has 0 spiro atoms. The number of para-hydroxylation sites is 2. The summed E-state index contributed by atoms with van der Waals surface area (Å²) in [5.74, 6) is 0.485. The fourth-order valence-electron chi connectivity index (χ4n) is 1.81. The molecule has 0 fully saturated rings. The maximum absolute atomic E-state index is 12.4. The average molecular weight is 327 g/mol. The molecule has 1 aromatic carbocycles. The van der Waals surface area contributed by atoms with Crippen LogP contribution in [0.15, 0.2) is 34.5 Å². The van der Waals surface area contributed by atoms with Gasteiger partial charge in [-0.05, 0) is 37.6 Å². The fraction of sp³-hybridized carbons (Fsp3) is 0.286. The van der Waals surface area contributed by atoms with Crippen molar-refractivity contribution in [2.24, 2.45) is 0 Å². The van der Waals surface area contributed by atoms with Gasteiger partial charge in [-0.15, -0.1) is 11.3 Å². The Kier molecular flexibility index (Phi) is 4.87. The van der Waals surface area contributed by atoms with Gasteiger partial charge in [-0.25, -0.2) is 8.42 Å². The Bertz CT molecular complexity index is 722. The van der Waals surface area contributed by atoms with Crippen LogP contribution in [-0.2, 0) is 16.6 Å². The maximum atomic E-state index is 12.4. The van der Waals surface area contributed by atoms with E-state index in [9.17, 15) is 13.5 Å². The highest BCUT2D eigenvalue weighted by atomic mass is 32.2. The molecule has 0 saturated heterocycles. The minimum atomic E-state index is -3.69. The molecular formula is C14H17NO4S2. The Morgan fingerprint density at radius 2 is 2.05 bits per heavy atom. The molecule has 2 aromatic rings. The normalized spacial score (nSPS) is 11.4. The summed E-state index contributed by atoms with van der Waals surface area (Å²) in [6.45, 7) is 3.89. The Balaban J connectivity index is 2.33. The first-order valence-corrected chi connectivity index (χ1v) is 8.72. The number of aryl methyl sites for hydroxylation is 1. The number of rotatable bonds is 6. The van der Waals surface area contributed by atoms with E-state index in [1.807, 2.05) is 6.92 Å². The predicted octanol–water partition coefficient (Wildman–Crippen LogP) is 2.75. The molecule has 1 heterocycles. The van der Waals surface area contributed by atoms with Crippen LogP contribution in [0.1, 0.15) is 17.4 Å². The van der Waals surface area contributed by atoms with Crippen LogP contribution in [0.4, 0.5) is 5.69 Å². The van der Waals surface area contributed by atoms with Gasteiger partial charge in [0.2, 0.25) is 0 Å². The summed E-state index contributed by atoms with van der Waals surface area (Å²) in [5, 5.41) is 9.18. The third-order valence-electron chi connectivity index (χ3n) is 2.84. The molecule has 7 heteroatoms. The second kappa shape index (κ2) is 6.46. The van der Waals surface area contributed by atoms with Crippen LogP contribution in [0.5, 0.6) is 5.75 Å². The molecule has 0 radical (unpaired) electrons. The minimum absolute atomic E-state index is 0.165. The molecule has 0 amide bonds. The van der Waals surface area contributed by atoms with Crippen LogP contribution < -0.4 is 9.46 Å². The summed E-state index contributed by atoms with van der Waals surface area (Å²) >= 11 is 1.06. The van der Waals surface area contributed by atoms with Crippen molar-refractivity contribution < 1.29 is 18.3 Å². The summed E-state index contributed by atoms with van der Waals surface area (Å²) in [5.41, 5.74) is 1.16. The number of hydrogen-bond donors (Lipinski definition) is 2. The molecule has 114 valence electrons. The third kappa shape index (κ3) is 3.55. The Labute approximate surface area is 128 Å². The number of nitrogens with one attached hydrogen (secondary N) is 1. The zero-order valence-electron chi connectivity index (χ0n) is 11.8. The molecule has 0 aliphatic heterocycles. The smallest absolute Gasteiger partial charge is 0.271 e. The SMILES string of the molecule is CCOc1ccccc1NS(=O)(=O)c1cc(C)c(CO)s1. The lowest BCUT2D eigenvalue weighted by atomic mass is 10.3. The topological polar surface area (TPSA) is 75.6 Å². The van der Waals surface area contributed by atoms with Gasteiger partial charge in [0, 0.05) is 4.88 Å². The second-order valence-electron chi connectivity index (χ2n) is 4.36. The van der Waals surface area contributed by atoms with Gasteiger partial charge in [0.25, 0.3) is 10.0 Å². The molecule has 0 atom stereocenters. The molecule has 0 unspecified atom stereocenters. The van der Waals surface area contributed by atoms with Crippen molar-refractivity contribution in [3.05, 3.63) is 40.8 Å². The monoisotopic (exact) mass is 327 g/mol. The zero-order chi connectivity index (χ0) is 15.5. The van der Waals surface area contributed by atoms with Crippen molar-refractivity contribution in [3.8, 4) is 5.75 Å². The summed E-state index contributed by atoms with van der Waals surface area (Å²) in [7, 11) is -3.69. The Hall–Kier alpha value is -1.57. The quantitative estimate of drug-likeness (QED) is 0.855. The molecule has 0 aliphatic carbocycles. The summed E-state index contributed by atoms with van der Waals surface area (Å²) in [4.78, 5) is 0.647.